The molecule has 8 aromatic carbocycles. The number of hydrogen-bond acceptors (Lipinski definition) is 3. The molecule has 2 heterocycles. The van der Waals surface area contributed by atoms with E-state index in [2.05, 4.69) is 180 Å². The average Bonchev–Trinajstić information content (AvgIpc) is 3.56. The van der Waals surface area contributed by atoms with Gasteiger partial charge in [0.2, 0.25) is 0 Å². The molecule has 50 heavy (non-hydrogen) atoms. The molecule has 0 radical (unpaired) electrons. The average molecular weight is 655 g/mol. The summed E-state index contributed by atoms with van der Waals surface area (Å²) in [7, 11) is 0. The van der Waals surface area contributed by atoms with Gasteiger partial charge >= 0.3 is 0 Å². The third kappa shape index (κ3) is 4.82. The van der Waals surface area contributed by atoms with Gasteiger partial charge in [-0.3, -0.25) is 4.98 Å². The number of benzene rings is 8. The molecule has 0 unspecified atom stereocenters. The first-order valence-electron chi connectivity index (χ1n) is 16.9. The van der Waals surface area contributed by atoms with Gasteiger partial charge < -0.3 is 4.90 Å². The van der Waals surface area contributed by atoms with Gasteiger partial charge in [-0.05, 0) is 103 Å². The van der Waals surface area contributed by atoms with E-state index in [0.29, 0.717) is 0 Å². The zero-order valence-corrected chi connectivity index (χ0v) is 27.9. The van der Waals surface area contributed by atoms with Gasteiger partial charge in [-0.25, -0.2) is 0 Å². The number of thiophene rings is 1. The molecule has 0 fully saturated rings. The van der Waals surface area contributed by atoms with Crippen LogP contribution in [0.25, 0.3) is 74.7 Å². The van der Waals surface area contributed by atoms with Gasteiger partial charge in [0.1, 0.15) is 0 Å². The van der Waals surface area contributed by atoms with Crippen LogP contribution in [-0.2, 0) is 0 Å². The standard InChI is InChI=1S/C47H30N2S/c1-2-6-31(7-3-1)32-14-20-38(21-15-32)49(40-24-18-35-11-13-36-12-10-34-8-4-5-9-41(34)47(36)44(35)29-40)39-22-16-33(17-23-39)37-19-25-42-43-26-27-48-30-46(43)50-45(42)28-37/h1-30H. The van der Waals surface area contributed by atoms with Crippen molar-refractivity contribution in [2.24, 2.45) is 0 Å². The Balaban J connectivity index is 1.11. The van der Waals surface area contributed by atoms with Crippen molar-refractivity contribution < 1.29 is 0 Å². The second-order valence-electron chi connectivity index (χ2n) is 12.8. The highest BCUT2D eigenvalue weighted by atomic mass is 32.1. The lowest BCUT2D eigenvalue weighted by molar-refractivity contribution is 1.29. The normalized spacial score (nSPS) is 11.6. The summed E-state index contributed by atoms with van der Waals surface area (Å²) in [5.41, 5.74) is 8.17. The number of fused-ring (bicyclic) bond motifs is 8. The van der Waals surface area contributed by atoms with Crippen molar-refractivity contribution in [1.82, 2.24) is 4.98 Å². The maximum atomic E-state index is 4.34. The quantitative estimate of drug-likeness (QED) is 0.172. The van der Waals surface area contributed by atoms with Gasteiger partial charge in [0.05, 0.1) is 4.70 Å². The molecule has 0 aliphatic carbocycles. The Morgan fingerprint density at radius 2 is 0.960 bits per heavy atom. The van der Waals surface area contributed by atoms with Crippen LogP contribution in [-0.4, -0.2) is 4.98 Å². The summed E-state index contributed by atoms with van der Waals surface area (Å²) in [4.78, 5) is 6.71. The molecule has 0 spiro atoms. The molecule has 3 heteroatoms. The molecule has 10 aromatic rings. The smallest absolute Gasteiger partial charge is 0.0538 e. The zero-order valence-electron chi connectivity index (χ0n) is 27.1. The van der Waals surface area contributed by atoms with Gasteiger partial charge in [-0.15, -0.1) is 11.3 Å². The van der Waals surface area contributed by atoms with E-state index >= 15 is 0 Å². The molecule has 10 rings (SSSR count). The summed E-state index contributed by atoms with van der Waals surface area (Å²) < 4.78 is 2.51. The van der Waals surface area contributed by atoms with E-state index in [1.807, 2.05) is 12.4 Å². The van der Waals surface area contributed by atoms with Crippen LogP contribution in [0.3, 0.4) is 0 Å². The first-order chi connectivity index (χ1) is 24.8. The molecule has 2 nitrogen and oxygen atoms in total. The molecular formula is C47H30N2S. The van der Waals surface area contributed by atoms with Gasteiger partial charge in [-0.2, -0.15) is 0 Å². The molecule has 0 amide bonds. The van der Waals surface area contributed by atoms with Gasteiger partial charge in [-0.1, -0.05) is 121 Å². The molecule has 0 N–H and O–H groups in total. The van der Waals surface area contributed by atoms with Crippen LogP contribution in [0.1, 0.15) is 0 Å². The predicted molar refractivity (Wildman–Crippen MR) is 215 cm³/mol. The van der Waals surface area contributed by atoms with Crippen molar-refractivity contribution in [3.05, 3.63) is 182 Å². The van der Waals surface area contributed by atoms with Gasteiger partial charge in [0, 0.05) is 44.9 Å². The van der Waals surface area contributed by atoms with Crippen LogP contribution in [0.2, 0.25) is 0 Å². The maximum Gasteiger partial charge on any atom is 0.0538 e. The van der Waals surface area contributed by atoms with E-state index in [1.165, 1.54) is 74.7 Å². The summed E-state index contributed by atoms with van der Waals surface area (Å²) in [6.45, 7) is 0. The van der Waals surface area contributed by atoms with E-state index < -0.39 is 0 Å². The van der Waals surface area contributed by atoms with Crippen molar-refractivity contribution in [2.45, 2.75) is 0 Å². The summed E-state index contributed by atoms with van der Waals surface area (Å²) >= 11 is 1.80. The second kappa shape index (κ2) is 11.7. The first-order valence-corrected chi connectivity index (χ1v) is 17.8. The van der Waals surface area contributed by atoms with Gasteiger partial charge in [0.15, 0.2) is 0 Å². The third-order valence-electron chi connectivity index (χ3n) is 9.94. The Morgan fingerprint density at radius 1 is 0.380 bits per heavy atom. The highest BCUT2D eigenvalue weighted by molar-refractivity contribution is 7.25. The number of pyridine rings is 1. The van der Waals surface area contributed by atoms with Crippen LogP contribution in [0, 0.1) is 0 Å². The molecule has 0 aliphatic rings. The fraction of sp³-hybridized carbons (Fsp3) is 0. The number of anilines is 3. The van der Waals surface area contributed by atoms with E-state index in [-0.39, 0.29) is 0 Å². The molecule has 234 valence electrons. The summed E-state index contributed by atoms with van der Waals surface area (Å²) in [6.07, 6.45) is 3.84. The topological polar surface area (TPSA) is 16.1 Å². The van der Waals surface area contributed by atoms with Crippen molar-refractivity contribution in [3.8, 4) is 22.3 Å². The van der Waals surface area contributed by atoms with Crippen molar-refractivity contribution in [2.75, 3.05) is 4.90 Å². The van der Waals surface area contributed by atoms with Crippen LogP contribution in [0.15, 0.2) is 182 Å². The third-order valence-corrected chi connectivity index (χ3v) is 11.0. The lowest BCUT2D eigenvalue weighted by Crippen LogP contribution is -2.09. The van der Waals surface area contributed by atoms with Crippen LogP contribution >= 0.6 is 11.3 Å². The SMILES string of the molecule is c1ccc(-c2ccc(N(c3ccc(-c4ccc5c(c4)sc4cnccc45)cc3)c3ccc4ccc5ccc6ccccc6c5c4c3)cc2)cc1. The maximum absolute atomic E-state index is 4.34. The number of hydrogen-bond donors (Lipinski definition) is 0. The highest BCUT2D eigenvalue weighted by Crippen LogP contribution is 2.41. The summed E-state index contributed by atoms with van der Waals surface area (Å²) in [5, 5.41) is 10.1. The number of aromatic nitrogens is 1. The minimum atomic E-state index is 1.11. The minimum Gasteiger partial charge on any atom is -0.310 e. The Morgan fingerprint density at radius 3 is 1.74 bits per heavy atom. The Bertz CT molecular complexity index is 2850. The molecule has 0 aliphatic heterocycles. The van der Waals surface area contributed by atoms with Crippen LogP contribution < -0.4 is 4.90 Å². The zero-order chi connectivity index (χ0) is 33.0. The lowest BCUT2D eigenvalue weighted by Gasteiger charge is -2.26. The minimum absolute atomic E-state index is 1.11. The van der Waals surface area contributed by atoms with Crippen molar-refractivity contribution >= 4 is 80.9 Å². The largest absolute Gasteiger partial charge is 0.310 e. The molecule has 0 saturated carbocycles. The van der Waals surface area contributed by atoms with E-state index in [1.54, 1.807) is 11.3 Å². The predicted octanol–water partition coefficient (Wildman–Crippen LogP) is 13.7. The van der Waals surface area contributed by atoms with E-state index in [0.717, 1.165) is 17.1 Å². The number of rotatable bonds is 5. The summed E-state index contributed by atoms with van der Waals surface area (Å²) in [5.74, 6) is 0. The van der Waals surface area contributed by atoms with Crippen molar-refractivity contribution in [1.29, 1.82) is 0 Å². The number of nitrogens with zero attached hydrogens (tertiary/aromatic N) is 2. The van der Waals surface area contributed by atoms with E-state index in [9.17, 15) is 0 Å². The van der Waals surface area contributed by atoms with Crippen LogP contribution in [0.4, 0.5) is 17.1 Å². The second-order valence-corrected chi connectivity index (χ2v) is 13.9. The monoisotopic (exact) mass is 654 g/mol. The molecule has 0 saturated heterocycles. The molecular weight excluding hydrogens is 625 g/mol. The molecule has 0 bridgehead atoms. The Labute approximate surface area is 294 Å². The van der Waals surface area contributed by atoms with Crippen LogP contribution in [0.5, 0.6) is 0 Å². The lowest BCUT2D eigenvalue weighted by atomic mass is 9.96. The Hall–Kier alpha value is -6.29. The summed E-state index contributed by atoms with van der Waals surface area (Å²) in [6, 6.07) is 62.0. The molecule has 0 atom stereocenters. The first kappa shape index (κ1) is 28.7. The highest BCUT2D eigenvalue weighted by Gasteiger charge is 2.16. The van der Waals surface area contributed by atoms with Crippen molar-refractivity contribution in [3.63, 3.8) is 0 Å². The van der Waals surface area contributed by atoms with E-state index in [4.69, 9.17) is 0 Å². The fourth-order valence-corrected chi connectivity index (χ4v) is 8.56. The fourth-order valence-electron chi connectivity index (χ4n) is 7.45. The van der Waals surface area contributed by atoms with Gasteiger partial charge in [0.25, 0.3) is 0 Å². The molecule has 2 aromatic heterocycles. The Kier molecular flexibility index (Phi) is 6.71.